The van der Waals surface area contributed by atoms with E-state index in [-0.39, 0.29) is 0 Å². The van der Waals surface area contributed by atoms with E-state index in [4.69, 9.17) is 9.40 Å². The first-order valence-corrected chi connectivity index (χ1v) is 9.89. The number of fused-ring (bicyclic) bond motifs is 1. The molecule has 0 unspecified atom stereocenters. The maximum absolute atomic E-state index is 5.51. The molecular formula is C20H19N5OS. The zero-order valence-corrected chi connectivity index (χ0v) is 16.1. The van der Waals surface area contributed by atoms with Crippen molar-refractivity contribution < 1.29 is 4.42 Å². The van der Waals surface area contributed by atoms with Crippen LogP contribution in [0.3, 0.4) is 0 Å². The summed E-state index contributed by atoms with van der Waals surface area (Å²) in [5.74, 6) is 3.14. The van der Waals surface area contributed by atoms with Crippen LogP contribution in [0, 0.1) is 13.8 Å². The summed E-state index contributed by atoms with van der Waals surface area (Å²) in [4.78, 5) is 14.0. The standard InChI is InChI=1S/C20H19N5OS/c1-12-21-19(25-7-4-8-25)16-11-17(27-20(16)22-12)15-6-3-5-14(9-15)10-18-24-23-13(2)26-18/h3,5-6,9,11H,4,7-8,10H2,1-2H3. The second-order valence-electron chi connectivity index (χ2n) is 6.86. The molecule has 4 heterocycles. The van der Waals surface area contributed by atoms with Crippen molar-refractivity contribution >= 4 is 27.4 Å². The van der Waals surface area contributed by atoms with E-state index in [1.54, 1.807) is 11.3 Å². The van der Waals surface area contributed by atoms with Crippen LogP contribution in [-0.2, 0) is 6.42 Å². The zero-order chi connectivity index (χ0) is 18.4. The third kappa shape index (κ3) is 3.08. The number of nitrogens with zero attached hydrogens (tertiary/aromatic N) is 5. The fraction of sp³-hybridized carbons (Fsp3) is 0.300. The lowest BCUT2D eigenvalue weighted by atomic mass is 10.1. The summed E-state index contributed by atoms with van der Waals surface area (Å²) >= 11 is 1.72. The van der Waals surface area contributed by atoms with Crippen LogP contribution in [-0.4, -0.2) is 33.3 Å². The molecule has 5 rings (SSSR count). The predicted octanol–water partition coefficient (Wildman–Crippen LogP) is 4.16. The van der Waals surface area contributed by atoms with Crippen LogP contribution in [0.15, 0.2) is 34.7 Å². The van der Waals surface area contributed by atoms with Crippen LogP contribution in [0.2, 0.25) is 0 Å². The van der Waals surface area contributed by atoms with Gasteiger partial charge < -0.3 is 9.32 Å². The molecule has 136 valence electrons. The largest absolute Gasteiger partial charge is 0.425 e. The maximum Gasteiger partial charge on any atom is 0.220 e. The molecule has 1 fully saturated rings. The highest BCUT2D eigenvalue weighted by Gasteiger charge is 2.21. The highest BCUT2D eigenvalue weighted by Crippen LogP contribution is 2.37. The molecule has 0 bridgehead atoms. The van der Waals surface area contributed by atoms with Gasteiger partial charge in [0.2, 0.25) is 11.8 Å². The second kappa shape index (κ2) is 6.42. The van der Waals surface area contributed by atoms with Crippen molar-refractivity contribution in [3.8, 4) is 10.4 Å². The summed E-state index contributed by atoms with van der Waals surface area (Å²) in [5.41, 5.74) is 2.33. The Morgan fingerprint density at radius 1 is 1.11 bits per heavy atom. The van der Waals surface area contributed by atoms with Gasteiger partial charge in [-0.2, -0.15) is 0 Å². The molecule has 0 saturated carbocycles. The van der Waals surface area contributed by atoms with E-state index in [0.29, 0.717) is 18.2 Å². The average Bonchev–Trinajstić information content (AvgIpc) is 3.20. The molecule has 1 aromatic carbocycles. The van der Waals surface area contributed by atoms with E-state index in [2.05, 4.69) is 50.4 Å². The first kappa shape index (κ1) is 16.4. The minimum Gasteiger partial charge on any atom is -0.425 e. The van der Waals surface area contributed by atoms with E-state index in [0.717, 1.165) is 40.5 Å². The Balaban J connectivity index is 1.52. The molecule has 1 saturated heterocycles. The number of aromatic nitrogens is 4. The van der Waals surface area contributed by atoms with Crippen molar-refractivity contribution in [2.24, 2.45) is 0 Å². The van der Waals surface area contributed by atoms with Gasteiger partial charge in [-0.1, -0.05) is 18.2 Å². The molecule has 1 aliphatic heterocycles. The van der Waals surface area contributed by atoms with Gasteiger partial charge in [0.15, 0.2) is 0 Å². The van der Waals surface area contributed by atoms with E-state index in [9.17, 15) is 0 Å². The summed E-state index contributed by atoms with van der Waals surface area (Å²) in [5, 5.41) is 9.15. The maximum atomic E-state index is 5.51. The van der Waals surface area contributed by atoms with Crippen LogP contribution in [0.5, 0.6) is 0 Å². The summed E-state index contributed by atoms with van der Waals surface area (Å²) in [7, 11) is 0. The molecule has 7 heteroatoms. The van der Waals surface area contributed by atoms with Crippen molar-refractivity contribution in [3.05, 3.63) is 53.5 Å². The Morgan fingerprint density at radius 3 is 2.74 bits per heavy atom. The van der Waals surface area contributed by atoms with E-state index < -0.39 is 0 Å². The molecule has 1 aliphatic rings. The lowest BCUT2D eigenvalue weighted by molar-refractivity contribution is 0.477. The molecule has 0 amide bonds. The number of hydrogen-bond acceptors (Lipinski definition) is 7. The fourth-order valence-electron chi connectivity index (χ4n) is 3.34. The fourth-order valence-corrected chi connectivity index (χ4v) is 4.41. The third-order valence-corrected chi connectivity index (χ3v) is 5.85. The van der Waals surface area contributed by atoms with Crippen molar-refractivity contribution in [1.82, 2.24) is 20.2 Å². The molecule has 0 aliphatic carbocycles. The lowest BCUT2D eigenvalue weighted by Gasteiger charge is -2.32. The highest BCUT2D eigenvalue weighted by atomic mass is 32.1. The number of benzene rings is 1. The topological polar surface area (TPSA) is 67.9 Å². The molecule has 6 nitrogen and oxygen atoms in total. The van der Waals surface area contributed by atoms with Crippen LogP contribution in [0.25, 0.3) is 20.7 Å². The van der Waals surface area contributed by atoms with E-state index in [1.165, 1.54) is 16.9 Å². The third-order valence-electron chi connectivity index (χ3n) is 4.77. The van der Waals surface area contributed by atoms with Gasteiger partial charge in [-0.05, 0) is 36.6 Å². The van der Waals surface area contributed by atoms with Gasteiger partial charge in [-0.15, -0.1) is 21.5 Å². The van der Waals surface area contributed by atoms with Crippen molar-refractivity contribution in [1.29, 1.82) is 0 Å². The first-order valence-electron chi connectivity index (χ1n) is 9.07. The van der Waals surface area contributed by atoms with Crippen LogP contribution in [0.1, 0.15) is 29.6 Å². The molecule has 27 heavy (non-hydrogen) atoms. The number of thiophene rings is 1. The van der Waals surface area contributed by atoms with Gasteiger partial charge >= 0.3 is 0 Å². The SMILES string of the molecule is Cc1nc(N2CCC2)c2cc(-c3cccc(Cc4nnc(C)o4)c3)sc2n1. The van der Waals surface area contributed by atoms with Crippen molar-refractivity contribution in [3.63, 3.8) is 0 Å². The smallest absolute Gasteiger partial charge is 0.220 e. The summed E-state index contributed by atoms with van der Waals surface area (Å²) < 4.78 is 5.51. The summed E-state index contributed by atoms with van der Waals surface area (Å²) in [6.07, 6.45) is 1.87. The van der Waals surface area contributed by atoms with Gasteiger partial charge in [0, 0.05) is 24.9 Å². The van der Waals surface area contributed by atoms with Crippen molar-refractivity contribution in [2.75, 3.05) is 18.0 Å². The average molecular weight is 377 g/mol. The zero-order valence-electron chi connectivity index (χ0n) is 15.3. The number of hydrogen-bond donors (Lipinski definition) is 0. The number of anilines is 1. The summed E-state index contributed by atoms with van der Waals surface area (Å²) in [6.45, 7) is 5.93. The second-order valence-corrected chi connectivity index (χ2v) is 7.89. The van der Waals surface area contributed by atoms with Gasteiger partial charge in [-0.3, -0.25) is 0 Å². The molecular weight excluding hydrogens is 358 g/mol. The van der Waals surface area contributed by atoms with E-state index in [1.807, 2.05) is 13.8 Å². The molecule has 0 atom stereocenters. The monoisotopic (exact) mass is 377 g/mol. The Morgan fingerprint density at radius 2 is 2.00 bits per heavy atom. The molecule has 0 spiro atoms. The Labute approximate surface area is 160 Å². The Hall–Kier alpha value is -2.80. The van der Waals surface area contributed by atoms with Gasteiger partial charge in [0.05, 0.1) is 11.8 Å². The predicted molar refractivity (Wildman–Crippen MR) is 106 cm³/mol. The van der Waals surface area contributed by atoms with Gasteiger partial charge in [0.1, 0.15) is 16.5 Å². The normalized spacial score (nSPS) is 13.9. The van der Waals surface area contributed by atoms with Crippen molar-refractivity contribution in [2.45, 2.75) is 26.7 Å². The Kier molecular flexibility index (Phi) is 3.89. The van der Waals surface area contributed by atoms with Gasteiger partial charge in [0.25, 0.3) is 0 Å². The molecule has 3 aromatic heterocycles. The Bertz CT molecular complexity index is 1130. The summed E-state index contributed by atoms with van der Waals surface area (Å²) in [6, 6.07) is 10.7. The molecule has 0 radical (unpaired) electrons. The van der Waals surface area contributed by atoms with E-state index >= 15 is 0 Å². The molecule has 0 N–H and O–H groups in total. The molecule has 4 aromatic rings. The minimum absolute atomic E-state index is 0.595. The number of rotatable bonds is 4. The van der Waals surface area contributed by atoms with Crippen LogP contribution < -0.4 is 4.90 Å². The highest BCUT2D eigenvalue weighted by molar-refractivity contribution is 7.21. The first-order chi connectivity index (χ1) is 13.2. The quantitative estimate of drug-likeness (QED) is 0.532. The van der Waals surface area contributed by atoms with Crippen LogP contribution in [0.4, 0.5) is 5.82 Å². The van der Waals surface area contributed by atoms with Crippen LogP contribution >= 0.6 is 11.3 Å². The minimum atomic E-state index is 0.595. The van der Waals surface area contributed by atoms with Gasteiger partial charge in [-0.25, -0.2) is 9.97 Å². The lowest BCUT2D eigenvalue weighted by Crippen LogP contribution is -2.37. The number of aryl methyl sites for hydroxylation is 2.